The lowest BCUT2D eigenvalue weighted by Gasteiger charge is -2.38. The Labute approximate surface area is 109 Å². The molecule has 1 fully saturated rings. The van der Waals surface area contributed by atoms with E-state index in [2.05, 4.69) is 15.9 Å². The van der Waals surface area contributed by atoms with Crippen molar-refractivity contribution in [2.45, 2.75) is 43.5 Å². The first-order chi connectivity index (χ1) is 7.64. The molecule has 5 nitrogen and oxygen atoms in total. The third kappa shape index (κ3) is 3.87. The van der Waals surface area contributed by atoms with Gasteiger partial charge in [-0.05, 0) is 33.6 Å². The lowest BCUT2D eigenvalue weighted by Crippen LogP contribution is -2.52. The van der Waals surface area contributed by atoms with Crippen molar-refractivity contribution < 1.29 is 19.4 Å². The summed E-state index contributed by atoms with van der Waals surface area (Å²) in [5.74, 6) is -1.12. The van der Waals surface area contributed by atoms with Crippen LogP contribution in [0.15, 0.2) is 0 Å². The van der Waals surface area contributed by atoms with Crippen LogP contribution in [0.3, 0.4) is 0 Å². The van der Waals surface area contributed by atoms with Gasteiger partial charge in [-0.3, -0.25) is 0 Å². The molecule has 0 N–H and O–H groups in total. The highest BCUT2D eigenvalue weighted by Crippen LogP contribution is 2.31. The maximum atomic E-state index is 11.7. The van der Waals surface area contributed by atoms with Gasteiger partial charge in [-0.15, -0.1) is 0 Å². The van der Waals surface area contributed by atoms with E-state index in [9.17, 15) is 14.7 Å². The van der Waals surface area contributed by atoms with Crippen LogP contribution in [-0.2, 0) is 9.53 Å². The average molecular weight is 307 g/mol. The average Bonchev–Trinajstić information content (AvgIpc) is 2.15. The fourth-order valence-corrected chi connectivity index (χ4v) is 1.93. The van der Waals surface area contributed by atoms with Crippen LogP contribution in [0.5, 0.6) is 0 Å². The van der Waals surface area contributed by atoms with Gasteiger partial charge >= 0.3 is 6.09 Å². The van der Waals surface area contributed by atoms with Gasteiger partial charge < -0.3 is 19.5 Å². The van der Waals surface area contributed by atoms with Crippen LogP contribution in [0.2, 0.25) is 0 Å². The number of carboxylic acid groups (broad SMARTS) is 1. The second kappa shape index (κ2) is 4.84. The van der Waals surface area contributed by atoms with Crippen molar-refractivity contribution in [1.82, 2.24) is 4.90 Å². The summed E-state index contributed by atoms with van der Waals surface area (Å²) in [5.41, 5.74) is -0.533. The molecular formula is C11H17BrNO4-. The van der Waals surface area contributed by atoms with E-state index in [0.717, 1.165) is 0 Å². The maximum absolute atomic E-state index is 11.7. The Kier molecular flexibility index (Phi) is 4.06. The number of carboxylic acids is 1. The van der Waals surface area contributed by atoms with Gasteiger partial charge in [0.2, 0.25) is 0 Å². The number of alkyl halides is 1. The van der Waals surface area contributed by atoms with Gasteiger partial charge in [0.1, 0.15) is 5.60 Å². The fourth-order valence-electron chi connectivity index (χ4n) is 1.57. The van der Waals surface area contributed by atoms with Gasteiger partial charge in [0, 0.05) is 13.1 Å². The van der Waals surface area contributed by atoms with Crippen LogP contribution in [0.1, 0.15) is 33.6 Å². The summed E-state index contributed by atoms with van der Waals surface area (Å²) in [7, 11) is 0. The number of hydrogen-bond donors (Lipinski definition) is 0. The largest absolute Gasteiger partial charge is 0.549 e. The highest BCUT2D eigenvalue weighted by atomic mass is 79.9. The predicted molar refractivity (Wildman–Crippen MR) is 63.7 cm³/mol. The molecule has 0 aliphatic carbocycles. The predicted octanol–water partition coefficient (Wildman–Crippen LogP) is 0.901. The van der Waals surface area contributed by atoms with Gasteiger partial charge in [-0.2, -0.15) is 0 Å². The molecular weight excluding hydrogens is 290 g/mol. The first-order valence-electron chi connectivity index (χ1n) is 5.52. The third-order valence-electron chi connectivity index (χ3n) is 2.57. The molecule has 0 atom stereocenters. The second-order valence-corrected chi connectivity index (χ2v) is 6.74. The van der Waals surface area contributed by atoms with Crippen LogP contribution in [0.4, 0.5) is 4.79 Å². The van der Waals surface area contributed by atoms with E-state index in [1.807, 2.05) is 0 Å². The minimum absolute atomic E-state index is 0.328. The summed E-state index contributed by atoms with van der Waals surface area (Å²) in [5, 5.41) is 10.9. The first-order valence-corrected chi connectivity index (χ1v) is 6.32. The number of likely N-dealkylation sites (tertiary alicyclic amines) is 1. The number of amides is 1. The molecule has 0 aromatic heterocycles. The Morgan fingerprint density at radius 3 is 2.12 bits per heavy atom. The topological polar surface area (TPSA) is 69.7 Å². The van der Waals surface area contributed by atoms with E-state index >= 15 is 0 Å². The lowest BCUT2D eigenvalue weighted by molar-refractivity contribution is -0.309. The molecule has 1 heterocycles. The van der Waals surface area contributed by atoms with Crippen molar-refractivity contribution in [2.24, 2.45) is 0 Å². The van der Waals surface area contributed by atoms with Crippen LogP contribution in [0.25, 0.3) is 0 Å². The Balaban J connectivity index is 2.53. The van der Waals surface area contributed by atoms with Crippen LogP contribution in [0, 0.1) is 0 Å². The number of rotatable bonds is 1. The Morgan fingerprint density at radius 2 is 1.76 bits per heavy atom. The van der Waals surface area contributed by atoms with Crippen molar-refractivity contribution in [3.63, 3.8) is 0 Å². The van der Waals surface area contributed by atoms with Crippen molar-refractivity contribution >= 4 is 28.0 Å². The number of carbonyl (C=O) groups excluding carboxylic acids is 2. The van der Waals surface area contributed by atoms with E-state index in [0.29, 0.717) is 25.9 Å². The van der Waals surface area contributed by atoms with E-state index < -0.39 is 22.0 Å². The first kappa shape index (κ1) is 14.3. The zero-order chi connectivity index (χ0) is 13.3. The molecule has 17 heavy (non-hydrogen) atoms. The molecule has 1 aliphatic rings. The lowest BCUT2D eigenvalue weighted by atomic mass is 9.97. The number of piperidine rings is 1. The summed E-state index contributed by atoms with van der Waals surface area (Å²) in [4.78, 5) is 24.1. The van der Waals surface area contributed by atoms with Gasteiger partial charge in [-0.25, -0.2) is 4.79 Å². The number of nitrogens with zero attached hydrogens (tertiary/aromatic N) is 1. The van der Waals surface area contributed by atoms with Gasteiger partial charge in [0.15, 0.2) is 0 Å². The van der Waals surface area contributed by atoms with Crippen LogP contribution in [-0.4, -0.2) is 40.0 Å². The smallest absolute Gasteiger partial charge is 0.410 e. The summed E-state index contributed by atoms with van der Waals surface area (Å²) in [6.45, 7) is 6.10. The van der Waals surface area contributed by atoms with E-state index in [1.165, 1.54) is 4.90 Å². The molecule has 1 aliphatic heterocycles. The molecule has 98 valence electrons. The van der Waals surface area contributed by atoms with Crippen molar-refractivity contribution in [3.8, 4) is 0 Å². The van der Waals surface area contributed by atoms with Crippen LogP contribution >= 0.6 is 15.9 Å². The molecule has 0 unspecified atom stereocenters. The normalized spacial score (nSPS) is 19.9. The quantitative estimate of drug-likeness (QED) is 0.675. The molecule has 1 amide bonds. The molecule has 0 spiro atoms. The molecule has 0 bridgehead atoms. The molecule has 0 radical (unpaired) electrons. The minimum Gasteiger partial charge on any atom is -0.549 e. The van der Waals surface area contributed by atoms with E-state index in [4.69, 9.17) is 4.74 Å². The summed E-state index contributed by atoms with van der Waals surface area (Å²) in [6, 6.07) is 0. The molecule has 0 aromatic carbocycles. The van der Waals surface area contributed by atoms with Crippen molar-refractivity contribution in [1.29, 1.82) is 0 Å². The molecule has 6 heteroatoms. The SMILES string of the molecule is CC(C)(C)OC(=O)N1CCC(Br)(C(=O)[O-])CC1. The number of hydrogen-bond acceptors (Lipinski definition) is 4. The number of carbonyl (C=O) groups is 2. The zero-order valence-corrected chi connectivity index (χ0v) is 11.9. The van der Waals surface area contributed by atoms with E-state index in [1.54, 1.807) is 20.8 Å². The number of aliphatic carboxylic acids is 1. The van der Waals surface area contributed by atoms with Gasteiger partial charge in [-0.1, -0.05) is 15.9 Å². The fraction of sp³-hybridized carbons (Fsp3) is 0.818. The summed E-state index contributed by atoms with van der Waals surface area (Å²) in [6.07, 6.45) is 0.258. The Hall–Kier alpha value is -0.780. The van der Waals surface area contributed by atoms with Gasteiger partial charge in [0.05, 0.1) is 10.3 Å². The summed E-state index contributed by atoms with van der Waals surface area (Å²) >= 11 is 3.16. The molecule has 1 rings (SSSR count). The highest BCUT2D eigenvalue weighted by molar-refractivity contribution is 9.10. The second-order valence-electron chi connectivity index (χ2n) is 5.22. The van der Waals surface area contributed by atoms with E-state index in [-0.39, 0.29) is 0 Å². The standard InChI is InChI=1S/C11H18BrNO4/c1-10(2,3)17-9(16)13-6-4-11(12,5-7-13)8(14)15/h4-7H2,1-3H3,(H,14,15)/p-1. The van der Waals surface area contributed by atoms with Crippen molar-refractivity contribution in [3.05, 3.63) is 0 Å². The van der Waals surface area contributed by atoms with Crippen LogP contribution < -0.4 is 5.11 Å². The Morgan fingerprint density at radius 1 is 1.29 bits per heavy atom. The molecule has 0 saturated carbocycles. The Bertz CT molecular complexity index is 316. The third-order valence-corrected chi connectivity index (χ3v) is 3.69. The monoisotopic (exact) mass is 306 g/mol. The zero-order valence-electron chi connectivity index (χ0n) is 10.3. The number of ether oxygens (including phenoxy) is 1. The van der Waals surface area contributed by atoms with Gasteiger partial charge in [0.25, 0.3) is 0 Å². The number of halogens is 1. The molecule has 0 aromatic rings. The minimum atomic E-state index is -1.12. The highest BCUT2D eigenvalue weighted by Gasteiger charge is 2.36. The summed E-state index contributed by atoms with van der Waals surface area (Å²) < 4.78 is 4.21. The van der Waals surface area contributed by atoms with Crippen molar-refractivity contribution in [2.75, 3.05) is 13.1 Å². The maximum Gasteiger partial charge on any atom is 0.410 e. The molecule has 1 saturated heterocycles.